The summed E-state index contributed by atoms with van der Waals surface area (Å²) < 4.78 is 0. The first-order valence-electron chi connectivity index (χ1n) is 6.28. The first kappa shape index (κ1) is 11.6. The molecule has 2 nitrogen and oxygen atoms in total. The van der Waals surface area contributed by atoms with Crippen molar-refractivity contribution >= 4 is 0 Å². The maximum Gasteiger partial charge on any atom is 0.0315 e. The molecule has 0 aliphatic carbocycles. The van der Waals surface area contributed by atoms with Gasteiger partial charge in [0.2, 0.25) is 0 Å². The molecule has 0 saturated heterocycles. The lowest BCUT2D eigenvalue weighted by Crippen LogP contribution is -2.32. The van der Waals surface area contributed by atoms with Gasteiger partial charge in [-0.05, 0) is 34.4 Å². The van der Waals surface area contributed by atoms with Crippen molar-refractivity contribution < 1.29 is 0 Å². The Morgan fingerprint density at radius 1 is 1.25 bits per heavy atom. The standard InChI is InChI=1S/C14H22N2/c1-9(2)12-7-15-5-11-6-16-8-13(10(3)4)14(11)12/h5,7,9-10,13,16H,6,8H2,1-4H3. The number of rotatable bonds is 2. The number of fused-ring (bicyclic) bond motifs is 1. The number of pyridine rings is 1. The highest BCUT2D eigenvalue weighted by atomic mass is 14.9. The molecule has 0 radical (unpaired) electrons. The van der Waals surface area contributed by atoms with Crippen molar-refractivity contribution in [3.05, 3.63) is 29.1 Å². The van der Waals surface area contributed by atoms with Gasteiger partial charge in [0.05, 0.1) is 0 Å². The summed E-state index contributed by atoms with van der Waals surface area (Å²) in [6, 6.07) is 0. The Bertz CT molecular complexity index is 369. The van der Waals surface area contributed by atoms with Crippen LogP contribution in [-0.2, 0) is 6.54 Å². The van der Waals surface area contributed by atoms with Gasteiger partial charge in [0, 0.05) is 25.5 Å². The van der Waals surface area contributed by atoms with Crippen LogP contribution < -0.4 is 5.32 Å². The zero-order valence-electron chi connectivity index (χ0n) is 10.7. The molecule has 1 atom stereocenters. The molecular formula is C14H22N2. The monoisotopic (exact) mass is 218 g/mol. The van der Waals surface area contributed by atoms with E-state index in [0.717, 1.165) is 13.1 Å². The lowest BCUT2D eigenvalue weighted by Gasteiger charge is -2.32. The molecule has 2 heterocycles. The first-order valence-corrected chi connectivity index (χ1v) is 6.28. The Balaban J connectivity index is 2.51. The third kappa shape index (κ3) is 1.99. The zero-order chi connectivity index (χ0) is 11.7. The second kappa shape index (κ2) is 4.54. The van der Waals surface area contributed by atoms with E-state index in [1.165, 1.54) is 11.1 Å². The van der Waals surface area contributed by atoms with Crippen molar-refractivity contribution in [1.82, 2.24) is 10.3 Å². The largest absolute Gasteiger partial charge is 0.312 e. The lowest BCUT2D eigenvalue weighted by molar-refractivity contribution is 0.430. The molecule has 16 heavy (non-hydrogen) atoms. The molecule has 0 bridgehead atoms. The summed E-state index contributed by atoms with van der Waals surface area (Å²) in [7, 11) is 0. The molecule has 1 N–H and O–H groups in total. The van der Waals surface area contributed by atoms with Crippen LogP contribution in [0.25, 0.3) is 0 Å². The SMILES string of the molecule is CC(C)c1cncc2c1C(C(C)C)CNC2. The van der Waals surface area contributed by atoms with E-state index in [1.807, 2.05) is 6.20 Å². The smallest absolute Gasteiger partial charge is 0.0315 e. The van der Waals surface area contributed by atoms with E-state index < -0.39 is 0 Å². The molecule has 1 aliphatic heterocycles. The second-order valence-electron chi connectivity index (χ2n) is 5.44. The summed E-state index contributed by atoms with van der Waals surface area (Å²) in [5.41, 5.74) is 4.41. The Hall–Kier alpha value is -0.890. The highest BCUT2D eigenvalue weighted by molar-refractivity contribution is 5.39. The van der Waals surface area contributed by atoms with Crippen LogP contribution in [0.3, 0.4) is 0 Å². The lowest BCUT2D eigenvalue weighted by atomic mass is 9.79. The molecule has 0 fully saturated rings. The molecular weight excluding hydrogens is 196 g/mol. The number of hydrogen-bond donors (Lipinski definition) is 1. The summed E-state index contributed by atoms with van der Waals surface area (Å²) in [6.45, 7) is 11.2. The Kier molecular flexibility index (Phi) is 3.29. The fourth-order valence-electron chi connectivity index (χ4n) is 2.62. The molecule has 1 aromatic rings. The zero-order valence-corrected chi connectivity index (χ0v) is 10.7. The summed E-state index contributed by atoms with van der Waals surface area (Å²) in [5, 5.41) is 3.50. The third-order valence-electron chi connectivity index (χ3n) is 3.58. The van der Waals surface area contributed by atoms with Crippen LogP contribution in [0.4, 0.5) is 0 Å². The Labute approximate surface area is 98.5 Å². The van der Waals surface area contributed by atoms with E-state index in [4.69, 9.17) is 0 Å². The quantitative estimate of drug-likeness (QED) is 0.825. The van der Waals surface area contributed by atoms with Crippen molar-refractivity contribution in [3.63, 3.8) is 0 Å². The summed E-state index contributed by atoms with van der Waals surface area (Å²) in [5.74, 6) is 1.90. The van der Waals surface area contributed by atoms with Crippen LogP contribution in [0.2, 0.25) is 0 Å². The predicted molar refractivity (Wildman–Crippen MR) is 67.6 cm³/mol. The normalized spacial score (nSPS) is 20.2. The molecule has 0 amide bonds. The van der Waals surface area contributed by atoms with Gasteiger partial charge in [0.25, 0.3) is 0 Å². The van der Waals surface area contributed by atoms with E-state index >= 15 is 0 Å². The van der Waals surface area contributed by atoms with Crippen molar-refractivity contribution in [3.8, 4) is 0 Å². The van der Waals surface area contributed by atoms with Gasteiger partial charge in [-0.25, -0.2) is 0 Å². The highest BCUT2D eigenvalue weighted by Crippen LogP contribution is 2.35. The highest BCUT2D eigenvalue weighted by Gasteiger charge is 2.26. The predicted octanol–water partition coefficient (Wildman–Crippen LogP) is 3.05. The fraction of sp³-hybridized carbons (Fsp3) is 0.643. The van der Waals surface area contributed by atoms with Crippen molar-refractivity contribution in [2.24, 2.45) is 5.92 Å². The number of nitrogens with one attached hydrogen (secondary N) is 1. The van der Waals surface area contributed by atoms with Gasteiger partial charge in [0.1, 0.15) is 0 Å². The maximum atomic E-state index is 4.37. The molecule has 1 aromatic heterocycles. The van der Waals surface area contributed by atoms with E-state index in [1.54, 1.807) is 5.56 Å². The minimum Gasteiger partial charge on any atom is -0.312 e. The average Bonchev–Trinajstić information content (AvgIpc) is 2.27. The van der Waals surface area contributed by atoms with Gasteiger partial charge in [-0.2, -0.15) is 0 Å². The van der Waals surface area contributed by atoms with E-state index in [9.17, 15) is 0 Å². The average molecular weight is 218 g/mol. The topological polar surface area (TPSA) is 24.9 Å². The third-order valence-corrected chi connectivity index (χ3v) is 3.58. The number of nitrogens with zero attached hydrogens (tertiary/aromatic N) is 1. The van der Waals surface area contributed by atoms with E-state index in [0.29, 0.717) is 17.8 Å². The molecule has 88 valence electrons. The van der Waals surface area contributed by atoms with Crippen LogP contribution in [0.15, 0.2) is 12.4 Å². The number of hydrogen-bond acceptors (Lipinski definition) is 2. The summed E-state index contributed by atoms with van der Waals surface area (Å²) >= 11 is 0. The van der Waals surface area contributed by atoms with Crippen LogP contribution in [-0.4, -0.2) is 11.5 Å². The van der Waals surface area contributed by atoms with Crippen LogP contribution >= 0.6 is 0 Å². The Morgan fingerprint density at radius 2 is 2.00 bits per heavy atom. The maximum absolute atomic E-state index is 4.37. The van der Waals surface area contributed by atoms with Gasteiger partial charge >= 0.3 is 0 Å². The van der Waals surface area contributed by atoms with Gasteiger partial charge in [-0.1, -0.05) is 27.7 Å². The molecule has 1 unspecified atom stereocenters. The van der Waals surface area contributed by atoms with Gasteiger partial charge in [0.15, 0.2) is 0 Å². The molecule has 2 heteroatoms. The van der Waals surface area contributed by atoms with Gasteiger partial charge in [-0.15, -0.1) is 0 Å². The van der Waals surface area contributed by atoms with Gasteiger partial charge < -0.3 is 5.32 Å². The van der Waals surface area contributed by atoms with Crippen LogP contribution in [0, 0.1) is 5.92 Å². The van der Waals surface area contributed by atoms with Crippen molar-refractivity contribution in [2.75, 3.05) is 6.54 Å². The second-order valence-corrected chi connectivity index (χ2v) is 5.44. The van der Waals surface area contributed by atoms with Crippen LogP contribution in [0.1, 0.15) is 56.2 Å². The molecule has 2 rings (SSSR count). The summed E-state index contributed by atoms with van der Waals surface area (Å²) in [6.07, 6.45) is 4.09. The van der Waals surface area contributed by atoms with Crippen molar-refractivity contribution in [2.45, 2.75) is 46.1 Å². The van der Waals surface area contributed by atoms with Crippen LogP contribution in [0.5, 0.6) is 0 Å². The summed E-state index contributed by atoms with van der Waals surface area (Å²) in [4.78, 5) is 4.37. The molecule has 0 spiro atoms. The van der Waals surface area contributed by atoms with Gasteiger partial charge in [-0.3, -0.25) is 4.98 Å². The molecule has 0 saturated carbocycles. The van der Waals surface area contributed by atoms with E-state index in [2.05, 4.69) is 44.2 Å². The number of aromatic nitrogens is 1. The molecule has 0 aromatic carbocycles. The van der Waals surface area contributed by atoms with Crippen molar-refractivity contribution in [1.29, 1.82) is 0 Å². The minimum absolute atomic E-state index is 0.571. The first-order chi connectivity index (χ1) is 7.61. The van der Waals surface area contributed by atoms with E-state index in [-0.39, 0.29) is 0 Å². The Morgan fingerprint density at radius 3 is 2.62 bits per heavy atom. The molecule has 1 aliphatic rings. The fourth-order valence-corrected chi connectivity index (χ4v) is 2.62. The minimum atomic E-state index is 0.571.